The summed E-state index contributed by atoms with van der Waals surface area (Å²) in [6.07, 6.45) is 0.117. The van der Waals surface area contributed by atoms with E-state index in [0.29, 0.717) is 18.7 Å². The molecule has 0 bridgehead atoms. The number of benzene rings is 1. The summed E-state index contributed by atoms with van der Waals surface area (Å²) in [6.45, 7) is 7.68. The van der Waals surface area contributed by atoms with E-state index in [9.17, 15) is 17.6 Å². The molecule has 1 aliphatic rings. The van der Waals surface area contributed by atoms with Gasteiger partial charge in [-0.1, -0.05) is 6.92 Å². The van der Waals surface area contributed by atoms with Gasteiger partial charge in [0.25, 0.3) is 0 Å². The van der Waals surface area contributed by atoms with Crippen LogP contribution in [0.2, 0.25) is 0 Å². The van der Waals surface area contributed by atoms with Crippen LogP contribution in [0.4, 0.5) is 4.39 Å². The first kappa shape index (κ1) is 18.8. The normalized spacial score (nSPS) is 16.4. The van der Waals surface area contributed by atoms with E-state index in [1.54, 1.807) is 4.90 Å². The zero-order valence-electron chi connectivity index (χ0n) is 14.1. The molecule has 6 nitrogen and oxygen atoms in total. The van der Waals surface area contributed by atoms with Crippen LogP contribution in [0.5, 0.6) is 0 Å². The summed E-state index contributed by atoms with van der Waals surface area (Å²) in [5.74, 6) is -0.530. The van der Waals surface area contributed by atoms with Crippen molar-refractivity contribution in [1.29, 1.82) is 0 Å². The van der Waals surface area contributed by atoms with Crippen molar-refractivity contribution < 1.29 is 17.6 Å². The van der Waals surface area contributed by atoms with Crippen LogP contribution in [0.1, 0.15) is 18.9 Å². The van der Waals surface area contributed by atoms with Crippen LogP contribution in [-0.4, -0.2) is 63.4 Å². The standard InChI is InChI=1S/C16H24FN3O3S/c1-3-19-8-10-20(11-9-19)16(21)6-7-18-24(22,23)15-5-4-14(17)12-13(15)2/h4-5,12,18H,3,6-11H2,1-2H3. The highest BCUT2D eigenvalue weighted by atomic mass is 32.2. The molecule has 1 aromatic carbocycles. The van der Waals surface area contributed by atoms with Crippen molar-refractivity contribution in [3.63, 3.8) is 0 Å². The largest absolute Gasteiger partial charge is 0.340 e. The van der Waals surface area contributed by atoms with Gasteiger partial charge in [0.15, 0.2) is 0 Å². The quantitative estimate of drug-likeness (QED) is 0.824. The second kappa shape index (κ2) is 8.04. The molecule has 1 aliphatic heterocycles. The summed E-state index contributed by atoms with van der Waals surface area (Å²) in [7, 11) is -3.74. The van der Waals surface area contributed by atoms with Crippen molar-refractivity contribution in [2.24, 2.45) is 0 Å². The Morgan fingerprint density at radius 1 is 1.25 bits per heavy atom. The highest BCUT2D eigenvalue weighted by Gasteiger charge is 2.21. The maximum atomic E-state index is 13.1. The molecule has 1 aromatic rings. The molecule has 24 heavy (non-hydrogen) atoms. The number of likely N-dealkylation sites (N-methyl/N-ethyl adjacent to an activating group) is 1. The van der Waals surface area contributed by atoms with E-state index < -0.39 is 15.8 Å². The van der Waals surface area contributed by atoms with Crippen LogP contribution in [0.15, 0.2) is 23.1 Å². The molecule has 0 saturated carbocycles. The number of nitrogens with one attached hydrogen (secondary N) is 1. The molecule has 2 rings (SSSR count). The summed E-state index contributed by atoms with van der Waals surface area (Å²) in [6, 6.07) is 3.52. The third kappa shape index (κ3) is 4.75. The Bertz CT molecular complexity index is 686. The summed E-state index contributed by atoms with van der Waals surface area (Å²) in [5.41, 5.74) is 0.338. The minimum absolute atomic E-state index is 0.0337. The van der Waals surface area contributed by atoms with E-state index in [1.807, 2.05) is 0 Å². The predicted octanol–water partition coefficient (Wildman–Crippen LogP) is 0.967. The molecule has 1 heterocycles. The SMILES string of the molecule is CCN1CCN(C(=O)CCNS(=O)(=O)c2ccc(F)cc2C)CC1. The van der Waals surface area contributed by atoms with Gasteiger partial charge in [0, 0.05) is 39.1 Å². The van der Waals surface area contributed by atoms with E-state index in [1.165, 1.54) is 19.1 Å². The minimum atomic E-state index is -3.74. The number of hydrogen-bond donors (Lipinski definition) is 1. The van der Waals surface area contributed by atoms with E-state index in [-0.39, 0.29) is 23.8 Å². The maximum Gasteiger partial charge on any atom is 0.240 e. The average molecular weight is 357 g/mol. The fourth-order valence-electron chi connectivity index (χ4n) is 2.76. The fraction of sp³-hybridized carbons (Fsp3) is 0.562. The molecule has 1 N–H and O–H groups in total. The highest BCUT2D eigenvalue weighted by Crippen LogP contribution is 2.15. The molecule has 8 heteroatoms. The minimum Gasteiger partial charge on any atom is -0.340 e. The lowest BCUT2D eigenvalue weighted by Gasteiger charge is -2.34. The molecule has 0 aliphatic carbocycles. The molecule has 0 aromatic heterocycles. The van der Waals surface area contributed by atoms with Gasteiger partial charge in [-0.25, -0.2) is 17.5 Å². The molecular formula is C16H24FN3O3S. The highest BCUT2D eigenvalue weighted by molar-refractivity contribution is 7.89. The molecule has 1 saturated heterocycles. The smallest absolute Gasteiger partial charge is 0.240 e. The number of aryl methyl sites for hydroxylation is 1. The van der Waals surface area contributed by atoms with E-state index >= 15 is 0 Å². The Balaban J connectivity index is 1.85. The molecule has 0 atom stereocenters. The zero-order valence-corrected chi connectivity index (χ0v) is 14.9. The number of carbonyl (C=O) groups excluding carboxylic acids is 1. The van der Waals surface area contributed by atoms with Gasteiger partial charge in [0.05, 0.1) is 4.90 Å². The first-order valence-electron chi connectivity index (χ1n) is 8.09. The van der Waals surface area contributed by atoms with Crippen LogP contribution >= 0.6 is 0 Å². The van der Waals surface area contributed by atoms with Crippen molar-refractivity contribution >= 4 is 15.9 Å². The predicted molar refractivity (Wildman–Crippen MR) is 89.6 cm³/mol. The Labute approximate surface area is 142 Å². The van der Waals surface area contributed by atoms with Crippen molar-refractivity contribution in [2.75, 3.05) is 39.3 Å². The first-order chi connectivity index (χ1) is 11.3. The van der Waals surface area contributed by atoms with Gasteiger partial charge in [0.2, 0.25) is 15.9 Å². The number of nitrogens with zero attached hydrogens (tertiary/aromatic N) is 2. The van der Waals surface area contributed by atoms with Gasteiger partial charge in [0.1, 0.15) is 5.82 Å². The summed E-state index contributed by atoms with van der Waals surface area (Å²) in [5, 5.41) is 0. The van der Waals surface area contributed by atoms with Crippen LogP contribution in [-0.2, 0) is 14.8 Å². The van der Waals surface area contributed by atoms with Gasteiger partial charge in [-0.2, -0.15) is 0 Å². The number of halogens is 1. The number of hydrogen-bond acceptors (Lipinski definition) is 4. The van der Waals surface area contributed by atoms with Crippen LogP contribution in [0, 0.1) is 12.7 Å². The second-order valence-electron chi connectivity index (χ2n) is 5.87. The third-order valence-corrected chi connectivity index (χ3v) is 5.85. The van der Waals surface area contributed by atoms with Gasteiger partial charge < -0.3 is 9.80 Å². The summed E-state index contributed by atoms with van der Waals surface area (Å²) < 4.78 is 40.0. The zero-order chi connectivity index (χ0) is 17.7. The molecule has 0 radical (unpaired) electrons. The van der Waals surface area contributed by atoms with Crippen molar-refractivity contribution in [1.82, 2.24) is 14.5 Å². The number of sulfonamides is 1. The number of carbonyl (C=O) groups is 1. The lowest BCUT2D eigenvalue weighted by Crippen LogP contribution is -2.49. The topological polar surface area (TPSA) is 69.7 Å². The van der Waals surface area contributed by atoms with E-state index in [2.05, 4.69) is 16.5 Å². The Hall–Kier alpha value is -1.51. The Morgan fingerprint density at radius 2 is 1.92 bits per heavy atom. The van der Waals surface area contributed by atoms with Gasteiger partial charge in [-0.05, 0) is 37.2 Å². The summed E-state index contributed by atoms with van der Waals surface area (Å²) >= 11 is 0. The van der Waals surface area contributed by atoms with Crippen LogP contribution in [0.25, 0.3) is 0 Å². The monoisotopic (exact) mass is 357 g/mol. The summed E-state index contributed by atoms with van der Waals surface area (Å²) in [4.78, 5) is 16.2. The molecule has 1 amide bonds. The van der Waals surface area contributed by atoms with Crippen molar-refractivity contribution in [3.05, 3.63) is 29.6 Å². The van der Waals surface area contributed by atoms with E-state index in [4.69, 9.17) is 0 Å². The number of amides is 1. The first-order valence-corrected chi connectivity index (χ1v) is 9.57. The molecule has 0 spiro atoms. The van der Waals surface area contributed by atoms with Gasteiger partial charge in [-0.15, -0.1) is 0 Å². The fourth-order valence-corrected chi connectivity index (χ4v) is 4.01. The van der Waals surface area contributed by atoms with Crippen LogP contribution < -0.4 is 4.72 Å². The Kier molecular flexibility index (Phi) is 6.31. The lowest BCUT2D eigenvalue weighted by atomic mass is 10.2. The lowest BCUT2D eigenvalue weighted by molar-refractivity contribution is -0.132. The second-order valence-corrected chi connectivity index (χ2v) is 7.61. The number of rotatable bonds is 6. The Morgan fingerprint density at radius 3 is 2.50 bits per heavy atom. The number of piperazine rings is 1. The van der Waals surface area contributed by atoms with Crippen molar-refractivity contribution in [3.8, 4) is 0 Å². The van der Waals surface area contributed by atoms with Gasteiger partial charge >= 0.3 is 0 Å². The maximum absolute atomic E-state index is 13.1. The molecule has 0 unspecified atom stereocenters. The molecule has 1 fully saturated rings. The average Bonchev–Trinajstić information content (AvgIpc) is 2.54. The van der Waals surface area contributed by atoms with Gasteiger partial charge in [-0.3, -0.25) is 4.79 Å². The van der Waals surface area contributed by atoms with Crippen LogP contribution in [0.3, 0.4) is 0 Å². The molecule has 134 valence electrons. The molecular weight excluding hydrogens is 333 g/mol. The van der Waals surface area contributed by atoms with E-state index in [0.717, 1.165) is 25.7 Å². The van der Waals surface area contributed by atoms with Crippen molar-refractivity contribution in [2.45, 2.75) is 25.2 Å². The third-order valence-electron chi connectivity index (χ3n) is 4.23.